The quantitative estimate of drug-likeness (QED) is 0.256. The van der Waals surface area contributed by atoms with Crippen molar-refractivity contribution in [3.63, 3.8) is 0 Å². The van der Waals surface area contributed by atoms with Gasteiger partial charge in [-0.05, 0) is 108 Å². The third-order valence-corrected chi connectivity index (χ3v) is 8.59. The molecule has 2 aliphatic rings. The van der Waals surface area contributed by atoms with Gasteiger partial charge in [0, 0.05) is 17.8 Å². The lowest BCUT2D eigenvalue weighted by Crippen LogP contribution is -2.35. The lowest BCUT2D eigenvalue weighted by Gasteiger charge is -2.36. The molecule has 4 aromatic rings. The Labute approximate surface area is 234 Å². The second kappa shape index (κ2) is 10.8. The second-order valence-electron chi connectivity index (χ2n) is 11.6. The van der Waals surface area contributed by atoms with Gasteiger partial charge in [0.15, 0.2) is 11.6 Å². The number of imidazole rings is 1. The summed E-state index contributed by atoms with van der Waals surface area (Å²) in [6.07, 6.45) is 8.17. The van der Waals surface area contributed by atoms with E-state index in [1.165, 1.54) is 50.4 Å². The van der Waals surface area contributed by atoms with Gasteiger partial charge in [-0.1, -0.05) is 13.0 Å². The topological polar surface area (TPSA) is 71.8 Å². The summed E-state index contributed by atoms with van der Waals surface area (Å²) in [7, 11) is 0. The van der Waals surface area contributed by atoms with E-state index in [-0.39, 0.29) is 23.2 Å². The second-order valence-corrected chi connectivity index (χ2v) is 11.6. The number of nitrogens with one attached hydrogen (secondary N) is 1. The molecule has 6 rings (SSSR count). The minimum absolute atomic E-state index is 0.0244. The van der Waals surface area contributed by atoms with E-state index >= 15 is 4.39 Å². The van der Waals surface area contributed by atoms with Gasteiger partial charge in [0.2, 0.25) is 5.95 Å². The van der Waals surface area contributed by atoms with E-state index in [1.54, 1.807) is 6.07 Å². The fourth-order valence-corrected chi connectivity index (χ4v) is 6.49. The Kier molecular flexibility index (Phi) is 7.25. The van der Waals surface area contributed by atoms with Crippen molar-refractivity contribution in [1.29, 1.82) is 0 Å². The first-order chi connectivity index (χ1) is 19.3. The van der Waals surface area contributed by atoms with Gasteiger partial charge in [0.25, 0.3) is 0 Å². The number of likely N-dealkylation sites (tertiary alicyclic amines) is 1. The van der Waals surface area contributed by atoms with Crippen LogP contribution < -0.4 is 5.32 Å². The maximum atomic E-state index is 15.0. The summed E-state index contributed by atoms with van der Waals surface area (Å²) in [6, 6.07) is 7.21. The number of anilines is 2. The highest BCUT2D eigenvalue weighted by molar-refractivity contribution is 5.83. The molecule has 1 atom stereocenters. The van der Waals surface area contributed by atoms with E-state index < -0.39 is 11.6 Å². The molecule has 3 aromatic heterocycles. The van der Waals surface area contributed by atoms with Crippen molar-refractivity contribution in [3.05, 3.63) is 59.7 Å². The number of hydrogen-bond acceptors (Lipinski definition) is 6. The molecule has 0 bridgehead atoms. The van der Waals surface area contributed by atoms with E-state index in [0.717, 1.165) is 18.7 Å². The molecule has 1 aliphatic carbocycles. The summed E-state index contributed by atoms with van der Waals surface area (Å²) in [5.74, 6) is 2.39. The molecule has 4 heterocycles. The molecule has 0 unspecified atom stereocenters. The van der Waals surface area contributed by atoms with Gasteiger partial charge in [-0.3, -0.25) is 0 Å². The first-order valence-corrected chi connectivity index (χ1v) is 14.5. The highest BCUT2D eigenvalue weighted by Gasteiger charge is 2.38. The molecule has 0 radical (unpaired) electrons. The summed E-state index contributed by atoms with van der Waals surface area (Å²) in [4.78, 5) is 20.1. The van der Waals surface area contributed by atoms with Crippen molar-refractivity contribution < 1.29 is 8.78 Å². The van der Waals surface area contributed by atoms with Gasteiger partial charge >= 0.3 is 0 Å². The van der Waals surface area contributed by atoms with Crippen LogP contribution in [-0.4, -0.2) is 49.0 Å². The monoisotopic (exact) mass is 545 g/mol. The van der Waals surface area contributed by atoms with Crippen LogP contribution >= 0.6 is 0 Å². The molecular formula is C31H37F2N7. The van der Waals surface area contributed by atoms with Crippen LogP contribution in [0, 0.1) is 30.4 Å². The van der Waals surface area contributed by atoms with Gasteiger partial charge in [-0.25, -0.2) is 28.7 Å². The molecule has 9 heteroatoms. The average Bonchev–Trinajstić information content (AvgIpc) is 3.72. The summed E-state index contributed by atoms with van der Waals surface area (Å²) in [6.45, 7) is 11.6. The molecular weight excluding hydrogens is 508 g/mol. The lowest BCUT2D eigenvalue weighted by atomic mass is 9.77. The number of fused-ring (bicyclic) bond motifs is 1. The van der Waals surface area contributed by atoms with Crippen molar-refractivity contribution in [3.8, 4) is 11.3 Å². The third kappa shape index (κ3) is 5.19. The summed E-state index contributed by atoms with van der Waals surface area (Å²) >= 11 is 0. The van der Waals surface area contributed by atoms with Crippen molar-refractivity contribution in [2.45, 2.75) is 65.3 Å². The number of hydrogen-bond donors (Lipinski definition) is 1. The van der Waals surface area contributed by atoms with Gasteiger partial charge in [0.1, 0.15) is 22.9 Å². The number of pyridine rings is 1. The largest absolute Gasteiger partial charge is 0.326 e. The Bertz CT molecular complexity index is 1500. The van der Waals surface area contributed by atoms with Crippen LogP contribution in [-0.2, 0) is 0 Å². The fourth-order valence-electron chi connectivity index (χ4n) is 6.49. The van der Waals surface area contributed by atoms with Crippen LogP contribution in [0.1, 0.15) is 69.8 Å². The first kappa shape index (κ1) is 26.7. The number of aryl methyl sites for hydroxylation is 1. The van der Waals surface area contributed by atoms with Crippen molar-refractivity contribution in [2.24, 2.45) is 11.8 Å². The highest BCUT2D eigenvalue weighted by Crippen LogP contribution is 2.49. The van der Waals surface area contributed by atoms with Gasteiger partial charge in [-0.2, -0.15) is 0 Å². The van der Waals surface area contributed by atoms with Crippen LogP contribution in [0.3, 0.4) is 0 Å². The van der Waals surface area contributed by atoms with Gasteiger partial charge < -0.3 is 14.8 Å². The van der Waals surface area contributed by atoms with Crippen molar-refractivity contribution >= 4 is 22.8 Å². The Morgan fingerprint density at radius 2 is 1.70 bits per heavy atom. The van der Waals surface area contributed by atoms with Crippen molar-refractivity contribution in [2.75, 3.05) is 25.0 Å². The molecule has 2 fully saturated rings. The van der Waals surface area contributed by atoms with E-state index in [9.17, 15) is 4.39 Å². The number of piperidine rings is 1. The number of aromatic nitrogens is 5. The van der Waals surface area contributed by atoms with Crippen LogP contribution in [0.5, 0.6) is 0 Å². The Morgan fingerprint density at radius 1 is 0.950 bits per heavy atom. The summed E-state index contributed by atoms with van der Waals surface area (Å²) in [5.41, 5.74) is 2.53. The normalized spacial score (nSPS) is 17.6. The predicted molar refractivity (Wildman–Crippen MR) is 154 cm³/mol. The number of halogens is 2. The molecule has 1 N–H and O–H groups in total. The van der Waals surface area contributed by atoms with Crippen LogP contribution in [0.15, 0.2) is 36.7 Å². The maximum Gasteiger partial charge on any atom is 0.229 e. The van der Waals surface area contributed by atoms with Gasteiger partial charge in [0.05, 0.1) is 11.7 Å². The van der Waals surface area contributed by atoms with E-state index in [4.69, 9.17) is 0 Å². The zero-order chi connectivity index (χ0) is 28.0. The molecule has 40 heavy (non-hydrogen) atoms. The Balaban J connectivity index is 1.24. The minimum atomic E-state index is -0.624. The number of benzene rings is 1. The van der Waals surface area contributed by atoms with E-state index in [2.05, 4.69) is 43.1 Å². The van der Waals surface area contributed by atoms with Gasteiger partial charge in [-0.15, -0.1) is 0 Å². The zero-order valence-corrected chi connectivity index (χ0v) is 23.7. The molecule has 1 aliphatic heterocycles. The fraction of sp³-hybridized carbons (Fsp3) is 0.484. The predicted octanol–water partition coefficient (Wildman–Crippen LogP) is 7.02. The van der Waals surface area contributed by atoms with E-state index in [1.807, 2.05) is 37.6 Å². The molecule has 210 valence electrons. The zero-order valence-electron chi connectivity index (χ0n) is 23.7. The summed E-state index contributed by atoms with van der Waals surface area (Å²) in [5, 5.41) is 3.11. The molecule has 1 saturated heterocycles. The average molecular weight is 546 g/mol. The van der Waals surface area contributed by atoms with E-state index in [0.29, 0.717) is 34.6 Å². The van der Waals surface area contributed by atoms with Crippen LogP contribution in [0.25, 0.3) is 22.3 Å². The number of rotatable bonds is 8. The third-order valence-electron chi connectivity index (χ3n) is 8.59. The van der Waals surface area contributed by atoms with Crippen LogP contribution in [0.4, 0.5) is 20.5 Å². The Hall–Kier alpha value is -3.46. The molecule has 0 amide bonds. The minimum Gasteiger partial charge on any atom is -0.326 e. The Morgan fingerprint density at radius 3 is 2.35 bits per heavy atom. The number of nitrogens with zero attached hydrogens (tertiary/aromatic N) is 6. The standard InChI is InChI=1S/C31H37F2N7/c1-5-39-12-10-21(11-13-39)28(20-6-7-20)22-8-9-27(34-16-22)37-31-35-17-25(33)29(38-31)23-14-24(32)30-26(15-23)40(18(2)3)19(4)36-30/h8-9,14-18,20-21,28H,5-7,10-13H2,1-4H3,(H,34,35,37,38)/t28-/m1/s1. The summed E-state index contributed by atoms with van der Waals surface area (Å²) < 4.78 is 31.9. The van der Waals surface area contributed by atoms with Crippen molar-refractivity contribution in [1.82, 2.24) is 29.4 Å². The highest BCUT2D eigenvalue weighted by atomic mass is 19.1. The molecule has 1 aromatic carbocycles. The lowest BCUT2D eigenvalue weighted by molar-refractivity contribution is 0.168. The SMILES string of the molecule is CCN1CCC([C@H](c2ccc(Nc3ncc(F)c(-c4cc(F)c5nc(C)n(C(C)C)c5c4)n3)nc2)C2CC2)CC1. The van der Waals surface area contributed by atoms with Crippen LogP contribution in [0.2, 0.25) is 0 Å². The molecule has 7 nitrogen and oxygen atoms in total. The smallest absolute Gasteiger partial charge is 0.229 e. The first-order valence-electron chi connectivity index (χ1n) is 14.5. The molecule has 0 spiro atoms. The molecule has 1 saturated carbocycles. The maximum absolute atomic E-state index is 15.0.